The van der Waals surface area contributed by atoms with Crippen LogP contribution in [0.2, 0.25) is 0 Å². The lowest BCUT2D eigenvalue weighted by Gasteiger charge is -2.20. The van der Waals surface area contributed by atoms with Gasteiger partial charge in [0.25, 0.3) is 5.91 Å². The Morgan fingerprint density at radius 2 is 1.86 bits per heavy atom. The van der Waals surface area contributed by atoms with Crippen molar-refractivity contribution < 1.29 is 18.7 Å². The van der Waals surface area contributed by atoms with E-state index in [1.54, 1.807) is 24.3 Å². The predicted molar refractivity (Wildman–Crippen MR) is 133 cm³/mol. The van der Waals surface area contributed by atoms with Gasteiger partial charge in [-0.1, -0.05) is 48.5 Å². The fraction of sp³-hybridized carbons (Fsp3) is 0.0385. The third-order valence-corrected chi connectivity index (χ3v) is 6.25. The third-order valence-electron chi connectivity index (χ3n) is 5.30. The Morgan fingerprint density at radius 3 is 2.66 bits per heavy atom. The van der Waals surface area contributed by atoms with E-state index in [4.69, 9.17) is 10.1 Å². The Morgan fingerprint density at radius 1 is 1.09 bits per heavy atom. The quantitative estimate of drug-likeness (QED) is 0.319. The minimum atomic E-state index is -0.837. The molecule has 35 heavy (non-hydrogen) atoms. The standard InChI is InChI=1S/C26H17FN4O3S/c1-15-7-2-3-10-18(15)24-30-31-22(28)20(23(32)29-26(31)35-24)14-16-8-6-9-17(13-16)34-25(33)19-11-4-5-12-21(19)27/h2-14,28H,1H3/b20-14-,28-22?. The van der Waals surface area contributed by atoms with Crippen LogP contribution in [0.1, 0.15) is 27.0 Å². The van der Waals surface area contributed by atoms with E-state index in [0.29, 0.717) is 15.8 Å². The molecule has 0 atom stereocenters. The van der Waals surface area contributed by atoms with Gasteiger partial charge < -0.3 is 4.74 Å². The fourth-order valence-electron chi connectivity index (χ4n) is 3.54. The molecule has 0 radical (unpaired) electrons. The largest absolute Gasteiger partial charge is 0.423 e. The van der Waals surface area contributed by atoms with Gasteiger partial charge >= 0.3 is 5.97 Å². The molecule has 0 fully saturated rings. The number of carbonyl (C=O) groups is 2. The number of fused-ring (bicyclic) bond motifs is 1. The Labute approximate surface area is 204 Å². The van der Waals surface area contributed by atoms with Crippen LogP contribution in [0.15, 0.2) is 88.5 Å². The molecular weight excluding hydrogens is 467 g/mol. The summed E-state index contributed by atoms with van der Waals surface area (Å²) in [5.41, 5.74) is 2.29. The van der Waals surface area contributed by atoms with E-state index in [9.17, 15) is 14.0 Å². The molecule has 1 amide bonds. The highest BCUT2D eigenvalue weighted by Gasteiger charge is 2.36. The van der Waals surface area contributed by atoms with E-state index in [1.807, 2.05) is 31.2 Å². The average Bonchev–Trinajstić information content (AvgIpc) is 3.26. The number of amidine groups is 2. The second kappa shape index (κ2) is 9.11. The molecule has 2 aliphatic rings. The molecule has 0 saturated carbocycles. The van der Waals surface area contributed by atoms with Crippen molar-refractivity contribution in [3.8, 4) is 5.75 Å². The summed E-state index contributed by atoms with van der Waals surface area (Å²) < 4.78 is 19.2. The van der Waals surface area contributed by atoms with Crippen LogP contribution in [-0.2, 0) is 4.79 Å². The normalized spacial score (nSPS) is 16.2. The number of hydrazone groups is 1. The number of rotatable bonds is 4. The highest BCUT2D eigenvalue weighted by Crippen LogP contribution is 2.32. The number of halogens is 1. The van der Waals surface area contributed by atoms with Crippen molar-refractivity contribution in [3.63, 3.8) is 0 Å². The summed E-state index contributed by atoms with van der Waals surface area (Å²) in [5.74, 6) is -2.02. The summed E-state index contributed by atoms with van der Waals surface area (Å²) in [7, 11) is 0. The van der Waals surface area contributed by atoms with Crippen LogP contribution in [0.4, 0.5) is 4.39 Å². The lowest BCUT2D eigenvalue weighted by Crippen LogP contribution is -2.35. The van der Waals surface area contributed by atoms with Crippen LogP contribution in [0.25, 0.3) is 6.08 Å². The lowest BCUT2D eigenvalue weighted by atomic mass is 10.1. The second-order valence-electron chi connectivity index (χ2n) is 7.68. The number of ether oxygens (including phenoxy) is 1. The van der Waals surface area contributed by atoms with Gasteiger partial charge in [0, 0.05) is 5.56 Å². The monoisotopic (exact) mass is 484 g/mol. The van der Waals surface area contributed by atoms with Crippen LogP contribution in [0.3, 0.4) is 0 Å². The topological polar surface area (TPSA) is 95.2 Å². The van der Waals surface area contributed by atoms with E-state index in [1.165, 1.54) is 47.1 Å². The molecule has 0 spiro atoms. The molecule has 0 aromatic heterocycles. The summed E-state index contributed by atoms with van der Waals surface area (Å²) in [4.78, 5) is 29.2. The van der Waals surface area contributed by atoms with Crippen molar-refractivity contribution >= 4 is 45.8 Å². The first kappa shape index (κ1) is 22.4. The number of hydrogen-bond acceptors (Lipinski definition) is 6. The molecule has 2 heterocycles. The molecule has 9 heteroatoms. The van der Waals surface area contributed by atoms with Crippen LogP contribution < -0.4 is 4.74 Å². The van der Waals surface area contributed by atoms with Crippen LogP contribution >= 0.6 is 11.8 Å². The van der Waals surface area contributed by atoms with Crippen LogP contribution in [-0.4, -0.2) is 32.9 Å². The lowest BCUT2D eigenvalue weighted by molar-refractivity contribution is -0.114. The number of nitrogens with zero attached hydrogens (tertiary/aromatic N) is 3. The molecule has 1 N–H and O–H groups in total. The number of nitrogens with one attached hydrogen (secondary N) is 1. The molecule has 3 aromatic carbocycles. The van der Waals surface area contributed by atoms with E-state index < -0.39 is 17.7 Å². The first-order chi connectivity index (χ1) is 16.9. The van der Waals surface area contributed by atoms with Gasteiger partial charge in [-0.25, -0.2) is 9.18 Å². The zero-order valence-electron chi connectivity index (χ0n) is 18.4. The average molecular weight is 485 g/mol. The summed E-state index contributed by atoms with van der Waals surface area (Å²) in [6, 6.07) is 19.6. The summed E-state index contributed by atoms with van der Waals surface area (Å²) >= 11 is 1.23. The molecule has 0 bridgehead atoms. The predicted octanol–water partition coefficient (Wildman–Crippen LogP) is 5.02. The number of carbonyl (C=O) groups excluding carboxylic acids is 2. The van der Waals surface area contributed by atoms with Crippen molar-refractivity contribution in [1.82, 2.24) is 5.01 Å². The van der Waals surface area contributed by atoms with Crippen molar-refractivity contribution in [2.75, 3.05) is 0 Å². The number of benzene rings is 3. The molecular formula is C26H17FN4O3S. The Hall–Kier alpha value is -4.37. The van der Waals surface area contributed by atoms with Gasteiger partial charge in [0.15, 0.2) is 5.84 Å². The number of thioether (sulfide) groups is 1. The minimum Gasteiger partial charge on any atom is -0.423 e. The summed E-state index contributed by atoms with van der Waals surface area (Å²) in [5, 5.41) is 15.4. The molecule has 0 aliphatic carbocycles. The van der Waals surface area contributed by atoms with Gasteiger partial charge in [0.05, 0.1) is 11.1 Å². The third kappa shape index (κ3) is 4.41. The van der Waals surface area contributed by atoms with E-state index >= 15 is 0 Å². The molecule has 0 saturated heterocycles. The van der Waals surface area contributed by atoms with E-state index in [0.717, 1.165) is 11.1 Å². The van der Waals surface area contributed by atoms with E-state index in [-0.39, 0.29) is 22.7 Å². The first-order valence-electron chi connectivity index (χ1n) is 10.5. The van der Waals surface area contributed by atoms with Crippen molar-refractivity contribution in [1.29, 1.82) is 5.41 Å². The number of aryl methyl sites for hydroxylation is 1. The summed E-state index contributed by atoms with van der Waals surface area (Å²) in [6.45, 7) is 1.96. The molecule has 2 aliphatic heterocycles. The molecule has 3 aromatic rings. The minimum absolute atomic E-state index is 0.0433. The highest BCUT2D eigenvalue weighted by molar-refractivity contribution is 8.27. The maximum Gasteiger partial charge on any atom is 0.346 e. The second-order valence-corrected chi connectivity index (χ2v) is 8.64. The van der Waals surface area contributed by atoms with Crippen LogP contribution in [0, 0.1) is 18.2 Å². The number of amides is 1. The molecule has 5 rings (SSSR count). The number of hydrogen-bond donors (Lipinski definition) is 1. The van der Waals surface area contributed by atoms with Gasteiger partial charge in [-0.15, -0.1) is 0 Å². The van der Waals surface area contributed by atoms with Crippen molar-refractivity contribution in [2.24, 2.45) is 10.1 Å². The zero-order valence-corrected chi connectivity index (χ0v) is 19.2. The number of aliphatic imine (C=N–C) groups is 1. The van der Waals surface area contributed by atoms with Gasteiger partial charge in [0.2, 0.25) is 5.17 Å². The smallest absolute Gasteiger partial charge is 0.346 e. The van der Waals surface area contributed by atoms with Gasteiger partial charge in [-0.3, -0.25) is 10.2 Å². The highest BCUT2D eigenvalue weighted by atomic mass is 32.2. The number of esters is 1. The zero-order chi connectivity index (χ0) is 24.5. The Balaban J connectivity index is 1.40. The van der Waals surface area contributed by atoms with Crippen LogP contribution in [0.5, 0.6) is 5.75 Å². The maximum atomic E-state index is 13.9. The first-order valence-corrected chi connectivity index (χ1v) is 11.4. The maximum absolute atomic E-state index is 13.9. The Kier molecular flexibility index (Phi) is 5.84. The summed E-state index contributed by atoms with van der Waals surface area (Å²) in [6.07, 6.45) is 1.48. The molecule has 7 nitrogen and oxygen atoms in total. The SMILES string of the molecule is Cc1ccccc1C1=NN2C(=N)/C(=C/c3cccc(OC(=O)c4ccccc4F)c3)C(=O)N=C2S1. The van der Waals surface area contributed by atoms with Gasteiger partial charge in [0.1, 0.15) is 16.6 Å². The van der Waals surface area contributed by atoms with Gasteiger partial charge in [-0.05, 0) is 60.2 Å². The Bertz CT molecular complexity index is 1500. The van der Waals surface area contributed by atoms with Crippen molar-refractivity contribution in [2.45, 2.75) is 6.92 Å². The molecule has 0 unspecified atom stereocenters. The molecule has 172 valence electrons. The van der Waals surface area contributed by atoms with Crippen molar-refractivity contribution in [3.05, 3.63) is 106 Å². The fourth-order valence-corrected chi connectivity index (χ4v) is 4.52. The van der Waals surface area contributed by atoms with Gasteiger partial charge in [-0.2, -0.15) is 15.1 Å². The van der Waals surface area contributed by atoms with E-state index in [2.05, 4.69) is 10.1 Å².